The second kappa shape index (κ2) is 9.65. The summed E-state index contributed by atoms with van der Waals surface area (Å²) in [5.74, 6) is 0.0793. The van der Waals surface area contributed by atoms with Crippen LogP contribution in [0.15, 0.2) is 30.3 Å². The normalized spacial score (nSPS) is 17.8. The molecule has 2 rings (SSSR count). The van der Waals surface area contributed by atoms with Gasteiger partial charge in [0.05, 0.1) is 13.2 Å². The maximum absolute atomic E-state index is 11.9. The molecule has 0 bridgehead atoms. The highest BCUT2D eigenvalue weighted by Crippen LogP contribution is 2.23. The van der Waals surface area contributed by atoms with Crippen molar-refractivity contribution < 1.29 is 9.53 Å². The quantitative estimate of drug-likeness (QED) is 0.714. The van der Waals surface area contributed by atoms with Gasteiger partial charge >= 0.3 is 0 Å². The number of likely N-dealkylation sites (tertiary alicyclic amines) is 1. The van der Waals surface area contributed by atoms with Crippen LogP contribution in [0.2, 0.25) is 0 Å². The predicted molar refractivity (Wildman–Crippen MR) is 92.3 cm³/mol. The smallest absolute Gasteiger partial charge is 0.234 e. The van der Waals surface area contributed by atoms with E-state index in [1.807, 2.05) is 0 Å². The first-order chi connectivity index (χ1) is 11.2. The number of nitrogens with one attached hydrogen (secondary N) is 2. The second-order valence-corrected chi connectivity index (χ2v) is 6.13. The van der Waals surface area contributed by atoms with E-state index in [1.165, 1.54) is 5.56 Å². The van der Waals surface area contributed by atoms with Gasteiger partial charge in [-0.15, -0.1) is 0 Å². The van der Waals surface area contributed by atoms with E-state index in [0.717, 1.165) is 25.9 Å². The fraction of sp³-hybridized carbons (Fsp3) is 0.611. The lowest BCUT2D eigenvalue weighted by atomic mass is 10.00. The van der Waals surface area contributed by atoms with Crippen molar-refractivity contribution in [1.29, 1.82) is 0 Å². The lowest BCUT2D eigenvalue weighted by Gasteiger charge is -2.36. The summed E-state index contributed by atoms with van der Waals surface area (Å²) in [4.78, 5) is 14.4. The summed E-state index contributed by atoms with van der Waals surface area (Å²) in [5.41, 5.74) is 1.36. The monoisotopic (exact) mass is 319 g/mol. The molecule has 1 aliphatic heterocycles. The summed E-state index contributed by atoms with van der Waals surface area (Å²) in [5, 5.41) is 6.20. The van der Waals surface area contributed by atoms with Crippen molar-refractivity contribution in [3.05, 3.63) is 35.9 Å². The van der Waals surface area contributed by atoms with Gasteiger partial charge in [-0.1, -0.05) is 30.3 Å². The molecule has 0 saturated carbocycles. The predicted octanol–water partition coefficient (Wildman–Crippen LogP) is 1.56. The van der Waals surface area contributed by atoms with Gasteiger partial charge in [0, 0.05) is 38.8 Å². The molecule has 1 aromatic rings. The molecule has 23 heavy (non-hydrogen) atoms. The molecule has 1 heterocycles. The lowest BCUT2D eigenvalue weighted by molar-refractivity contribution is -0.121. The van der Waals surface area contributed by atoms with Crippen molar-refractivity contribution in [3.63, 3.8) is 0 Å². The Hall–Kier alpha value is -1.43. The molecule has 0 aromatic heterocycles. The van der Waals surface area contributed by atoms with Gasteiger partial charge < -0.3 is 15.4 Å². The van der Waals surface area contributed by atoms with E-state index < -0.39 is 0 Å². The zero-order valence-electron chi connectivity index (χ0n) is 14.3. The first-order valence-corrected chi connectivity index (χ1v) is 8.48. The van der Waals surface area contributed by atoms with E-state index >= 15 is 0 Å². The van der Waals surface area contributed by atoms with Crippen LogP contribution in [-0.2, 0) is 9.53 Å². The van der Waals surface area contributed by atoms with Crippen LogP contribution < -0.4 is 10.6 Å². The summed E-state index contributed by atoms with van der Waals surface area (Å²) in [7, 11) is 1.66. The number of carbonyl (C=O) groups excluding carboxylic acids is 1. The summed E-state index contributed by atoms with van der Waals surface area (Å²) in [6.45, 7) is 6.01. The number of hydrogen-bond donors (Lipinski definition) is 2. The Kier molecular flexibility index (Phi) is 7.52. The van der Waals surface area contributed by atoms with Crippen LogP contribution in [0.1, 0.15) is 31.4 Å². The minimum atomic E-state index is 0.0793. The number of ether oxygens (including phenoxy) is 1. The van der Waals surface area contributed by atoms with Gasteiger partial charge in [-0.2, -0.15) is 0 Å². The number of methoxy groups -OCH3 is 1. The van der Waals surface area contributed by atoms with E-state index in [0.29, 0.717) is 31.8 Å². The fourth-order valence-corrected chi connectivity index (χ4v) is 3.03. The Bertz CT molecular complexity index is 459. The summed E-state index contributed by atoms with van der Waals surface area (Å²) in [6.07, 6.45) is 2.03. The molecule has 0 aliphatic carbocycles. The van der Waals surface area contributed by atoms with E-state index in [4.69, 9.17) is 4.74 Å². The number of benzene rings is 1. The second-order valence-electron chi connectivity index (χ2n) is 6.13. The number of hydrogen-bond acceptors (Lipinski definition) is 4. The molecule has 1 aliphatic rings. The maximum Gasteiger partial charge on any atom is 0.234 e. The fourth-order valence-electron chi connectivity index (χ4n) is 3.03. The number of piperidine rings is 1. The van der Waals surface area contributed by atoms with Crippen molar-refractivity contribution in [2.75, 3.05) is 39.9 Å². The van der Waals surface area contributed by atoms with E-state index in [1.54, 1.807) is 7.11 Å². The van der Waals surface area contributed by atoms with Crippen LogP contribution in [0, 0.1) is 0 Å². The zero-order valence-corrected chi connectivity index (χ0v) is 14.3. The summed E-state index contributed by atoms with van der Waals surface area (Å²) in [6, 6.07) is 11.3. The molecule has 1 unspecified atom stereocenters. The Balaban J connectivity index is 1.68. The third-order valence-corrected chi connectivity index (χ3v) is 4.49. The molecule has 5 heteroatoms. The Morgan fingerprint density at radius 3 is 2.65 bits per heavy atom. The number of nitrogens with zero attached hydrogens (tertiary/aromatic N) is 1. The average molecular weight is 319 g/mol. The van der Waals surface area contributed by atoms with Gasteiger partial charge in [0.2, 0.25) is 5.91 Å². The molecule has 1 atom stereocenters. The molecular weight excluding hydrogens is 290 g/mol. The lowest BCUT2D eigenvalue weighted by Crippen LogP contribution is -2.47. The zero-order chi connectivity index (χ0) is 16.5. The van der Waals surface area contributed by atoms with Crippen LogP contribution in [0.5, 0.6) is 0 Å². The highest BCUT2D eigenvalue weighted by atomic mass is 16.5. The van der Waals surface area contributed by atoms with Gasteiger partial charge in [0.1, 0.15) is 0 Å². The first kappa shape index (κ1) is 17.9. The van der Waals surface area contributed by atoms with Gasteiger partial charge in [-0.3, -0.25) is 9.69 Å². The van der Waals surface area contributed by atoms with Crippen LogP contribution in [-0.4, -0.2) is 56.7 Å². The molecular formula is C18H29N3O2. The first-order valence-electron chi connectivity index (χ1n) is 8.48. The molecule has 0 radical (unpaired) electrons. The molecule has 5 nitrogen and oxygen atoms in total. The number of rotatable bonds is 8. The summed E-state index contributed by atoms with van der Waals surface area (Å²) < 4.78 is 4.94. The van der Waals surface area contributed by atoms with Crippen molar-refractivity contribution in [2.24, 2.45) is 0 Å². The highest BCUT2D eigenvalue weighted by Gasteiger charge is 2.24. The van der Waals surface area contributed by atoms with Gasteiger partial charge in [-0.25, -0.2) is 0 Å². The maximum atomic E-state index is 11.9. The van der Waals surface area contributed by atoms with E-state index in [2.05, 4.69) is 52.8 Å². The van der Waals surface area contributed by atoms with Gasteiger partial charge in [0.15, 0.2) is 0 Å². The number of carbonyl (C=O) groups is 1. The highest BCUT2D eigenvalue weighted by molar-refractivity contribution is 5.78. The Morgan fingerprint density at radius 1 is 1.30 bits per heavy atom. The molecule has 1 saturated heterocycles. The largest absolute Gasteiger partial charge is 0.383 e. The minimum absolute atomic E-state index is 0.0793. The molecule has 1 fully saturated rings. The third kappa shape index (κ3) is 5.94. The van der Waals surface area contributed by atoms with E-state index in [9.17, 15) is 4.79 Å². The van der Waals surface area contributed by atoms with Crippen LogP contribution >= 0.6 is 0 Å². The van der Waals surface area contributed by atoms with Gasteiger partial charge in [0.25, 0.3) is 0 Å². The third-order valence-electron chi connectivity index (χ3n) is 4.49. The Morgan fingerprint density at radius 2 is 2.00 bits per heavy atom. The molecule has 2 N–H and O–H groups in total. The molecule has 1 aromatic carbocycles. The minimum Gasteiger partial charge on any atom is -0.383 e. The number of amides is 1. The van der Waals surface area contributed by atoms with Crippen molar-refractivity contribution in [3.8, 4) is 0 Å². The van der Waals surface area contributed by atoms with Crippen molar-refractivity contribution >= 4 is 5.91 Å². The van der Waals surface area contributed by atoms with Crippen LogP contribution in [0.25, 0.3) is 0 Å². The van der Waals surface area contributed by atoms with Crippen LogP contribution in [0.3, 0.4) is 0 Å². The topological polar surface area (TPSA) is 53.6 Å². The van der Waals surface area contributed by atoms with Crippen molar-refractivity contribution in [1.82, 2.24) is 15.5 Å². The molecule has 128 valence electrons. The average Bonchev–Trinajstić information content (AvgIpc) is 2.59. The van der Waals surface area contributed by atoms with E-state index in [-0.39, 0.29) is 5.91 Å². The standard InChI is InChI=1S/C18H29N3O2/c1-15(16-6-4-3-5-7-16)21-11-8-17(9-12-21)20-18(22)14-19-10-13-23-2/h3-7,15,17,19H,8-14H2,1-2H3,(H,20,22). The SMILES string of the molecule is COCCNCC(=O)NC1CCN(C(C)c2ccccc2)CC1. The molecule has 0 spiro atoms. The van der Waals surface area contributed by atoms with Crippen LogP contribution in [0.4, 0.5) is 0 Å². The van der Waals surface area contributed by atoms with Crippen molar-refractivity contribution in [2.45, 2.75) is 31.8 Å². The summed E-state index contributed by atoms with van der Waals surface area (Å²) >= 11 is 0. The Labute approximate surface area is 139 Å². The molecule has 1 amide bonds. The van der Waals surface area contributed by atoms with Gasteiger partial charge in [-0.05, 0) is 25.3 Å².